The summed E-state index contributed by atoms with van der Waals surface area (Å²) in [5.74, 6) is -1.70. The van der Waals surface area contributed by atoms with Crippen LogP contribution in [-0.2, 0) is 4.74 Å². The largest absolute Gasteiger partial charge is 1.00 e. The molecule has 0 spiro atoms. The molecule has 1 N–H and O–H groups in total. The van der Waals surface area contributed by atoms with E-state index >= 15 is 0 Å². The van der Waals surface area contributed by atoms with Crippen LogP contribution in [0.2, 0.25) is 0 Å². The van der Waals surface area contributed by atoms with Crippen LogP contribution in [0.1, 0.15) is 44.1 Å². The Labute approximate surface area is 250 Å². The first kappa shape index (κ1) is 28.5. The van der Waals surface area contributed by atoms with Gasteiger partial charge in [-0.25, -0.2) is 9.59 Å². The van der Waals surface area contributed by atoms with Gasteiger partial charge >= 0.3 is 70.4 Å². The van der Waals surface area contributed by atoms with Crippen LogP contribution in [0.3, 0.4) is 0 Å². The van der Waals surface area contributed by atoms with Crippen molar-refractivity contribution in [3.05, 3.63) is 81.9 Å². The van der Waals surface area contributed by atoms with Crippen molar-refractivity contribution in [2.45, 2.75) is 26.7 Å². The van der Waals surface area contributed by atoms with E-state index in [2.05, 4.69) is 0 Å². The molecule has 3 aromatic rings. The van der Waals surface area contributed by atoms with Crippen LogP contribution in [0, 0.1) is 20.8 Å². The number of benzene rings is 3. The third-order valence-electron chi connectivity index (χ3n) is 6.75. The van der Waals surface area contributed by atoms with Gasteiger partial charge in [0.1, 0.15) is 6.61 Å². The summed E-state index contributed by atoms with van der Waals surface area (Å²) in [7, 11) is 1.29. The first-order chi connectivity index (χ1) is 16.4. The Hall–Kier alpha value is -2.11. The monoisotopic (exact) mass is 521 g/mol. The zero-order valence-corrected chi connectivity index (χ0v) is 23.9. The Bertz CT molecular complexity index is 1310. The number of hydrogen-bond acceptors (Lipinski definition) is 3. The minimum Gasteiger partial charge on any atom is -0.478 e. The number of carboxylic acids is 1. The van der Waals surface area contributed by atoms with Crippen molar-refractivity contribution in [1.29, 1.82) is 0 Å². The Morgan fingerprint density at radius 2 is 1.42 bits per heavy atom. The SMILES string of the molecule is Cc1c(C(=O)O)c(C)c([B-](F)(F)F)c(C)c1N(C)C(=O)OCC1c2ccccc2-c2ccccc21.[K+]. The van der Waals surface area contributed by atoms with Crippen LogP contribution in [0.15, 0.2) is 48.5 Å². The van der Waals surface area contributed by atoms with E-state index < -0.39 is 30.1 Å². The molecule has 1 aliphatic rings. The van der Waals surface area contributed by atoms with Gasteiger partial charge in [0.25, 0.3) is 0 Å². The van der Waals surface area contributed by atoms with Gasteiger partial charge in [-0.2, -0.15) is 0 Å². The molecule has 10 heteroatoms. The number of rotatable bonds is 5. The molecule has 0 unspecified atom stereocenters. The smallest absolute Gasteiger partial charge is 0.478 e. The maximum Gasteiger partial charge on any atom is 1.00 e. The Kier molecular flexibility index (Phi) is 8.47. The van der Waals surface area contributed by atoms with Gasteiger partial charge in [-0.15, -0.1) is 0 Å². The number of carboxylic acid groups (broad SMARTS) is 1. The molecule has 1 aliphatic carbocycles. The molecule has 0 aliphatic heterocycles. The molecule has 182 valence electrons. The molecule has 0 bridgehead atoms. The van der Waals surface area contributed by atoms with Gasteiger partial charge in [0.15, 0.2) is 0 Å². The van der Waals surface area contributed by atoms with Crippen LogP contribution in [0.5, 0.6) is 0 Å². The van der Waals surface area contributed by atoms with Crippen molar-refractivity contribution in [1.82, 2.24) is 0 Å². The van der Waals surface area contributed by atoms with E-state index in [-0.39, 0.29) is 86.3 Å². The molecule has 3 aromatic carbocycles. The van der Waals surface area contributed by atoms with Crippen molar-refractivity contribution >= 4 is 30.2 Å². The number of hydrogen-bond donors (Lipinski definition) is 1. The summed E-state index contributed by atoms with van der Waals surface area (Å²) in [5.41, 5.74) is 2.05. The molecule has 0 atom stereocenters. The molecule has 36 heavy (non-hydrogen) atoms. The van der Waals surface area contributed by atoms with Gasteiger partial charge in [-0.05, 0) is 48.6 Å². The van der Waals surface area contributed by atoms with Gasteiger partial charge in [0.2, 0.25) is 0 Å². The summed E-state index contributed by atoms with van der Waals surface area (Å²) < 4.78 is 47.3. The normalized spacial score (nSPS) is 12.4. The molecular formula is C26H24BF3KNO4. The molecule has 1 amide bonds. The second-order valence-electron chi connectivity index (χ2n) is 8.76. The Morgan fingerprint density at radius 1 is 0.917 bits per heavy atom. The van der Waals surface area contributed by atoms with Crippen molar-refractivity contribution in [3.63, 3.8) is 0 Å². The first-order valence-electron chi connectivity index (χ1n) is 11.1. The van der Waals surface area contributed by atoms with Gasteiger partial charge in [-0.3, -0.25) is 4.90 Å². The van der Waals surface area contributed by atoms with Crippen molar-refractivity contribution < 1.29 is 83.8 Å². The molecule has 5 nitrogen and oxygen atoms in total. The summed E-state index contributed by atoms with van der Waals surface area (Å²) in [6.07, 6.45) is -0.862. The minimum atomic E-state index is -5.51. The summed E-state index contributed by atoms with van der Waals surface area (Å²) in [4.78, 5) is 25.8. The fraction of sp³-hybridized carbons (Fsp3) is 0.231. The third-order valence-corrected chi connectivity index (χ3v) is 6.75. The first-order valence-corrected chi connectivity index (χ1v) is 11.1. The van der Waals surface area contributed by atoms with Crippen molar-refractivity contribution in [3.8, 4) is 11.1 Å². The summed E-state index contributed by atoms with van der Waals surface area (Å²) in [6.45, 7) is -1.73. The van der Waals surface area contributed by atoms with Crippen LogP contribution < -0.4 is 61.7 Å². The number of halogens is 3. The average molecular weight is 521 g/mol. The van der Waals surface area contributed by atoms with E-state index in [9.17, 15) is 27.6 Å². The third kappa shape index (κ3) is 4.89. The summed E-state index contributed by atoms with van der Waals surface area (Å²) in [6, 6.07) is 15.6. The molecule has 4 rings (SSSR count). The topological polar surface area (TPSA) is 66.8 Å². The molecule has 0 aromatic heterocycles. The van der Waals surface area contributed by atoms with Gasteiger partial charge in [-0.1, -0.05) is 65.1 Å². The van der Waals surface area contributed by atoms with E-state index in [1.54, 1.807) is 0 Å². The number of fused-ring (bicyclic) bond motifs is 3. The molecule has 0 radical (unpaired) electrons. The number of nitrogens with zero attached hydrogens (tertiary/aromatic N) is 1. The van der Waals surface area contributed by atoms with E-state index in [0.717, 1.165) is 34.1 Å². The number of anilines is 1. The van der Waals surface area contributed by atoms with Crippen LogP contribution in [-0.4, -0.2) is 37.8 Å². The zero-order chi connectivity index (χ0) is 25.7. The predicted molar refractivity (Wildman–Crippen MR) is 130 cm³/mol. The van der Waals surface area contributed by atoms with Crippen molar-refractivity contribution in [2.24, 2.45) is 0 Å². The van der Waals surface area contributed by atoms with E-state index in [1.807, 2.05) is 48.5 Å². The standard InChI is InChI=1S/C26H24BF3NO4.K/c1-14-22(25(32)33)15(2)24(16(3)23(14)27(28,29)30)31(4)26(34)35-13-21-19-11-7-5-9-17(19)18-10-6-8-12-20(18)21;/h5-12,21H,13H2,1-4H3,(H,32,33);/q-1;+1. The molecular weight excluding hydrogens is 497 g/mol. The van der Waals surface area contributed by atoms with Gasteiger partial charge in [0.05, 0.1) is 11.3 Å². The van der Waals surface area contributed by atoms with Crippen LogP contribution in [0.4, 0.5) is 23.4 Å². The second-order valence-corrected chi connectivity index (χ2v) is 8.76. The Morgan fingerprint density at radius 3 is 1.89 bits per heavy atom. The number of aromatic carboxylic acids is 1. The van der Waals surface area contributed by atoms with E-state index in [1.165, 1.54) is 20.9 Å². The van der Waals surface area contributed by atoms with Gasteiger partial charge < -0.3 is 22.8 Å². The number of ether oxygens (including phenoxy) is 1. The molecule has 0 fully saturated rings. The van der Waals surface area contributed by atoms with Crippen molar-refractivity contribution in [2.75, 3.05) is 18.6 Å². The maximum absolute atomic E-state index is 13.9. The van der Waals surface area contributed by atoms with E-state index in [0.29, 0.717) is 0 Å². The number of carbonyl (C=O) groups is 2. The second kappa shape index (κ2) is 10.7. The maximum atomic E-state index is 13.9. The van der Waals surface area contributed by atoms with Crippen LogP contribution >= 0.6 is 0 Å². The number of amides is 1. The van der Waals surface area contributed by atoms with E-state index in [4.69, 9.17) is 4.74 Å². The summed E-state index contributed by atoms with van der Waals surface area (Å²) in [5, 5.41) is 9.61. The van der Waals surface area contributed by atoms with Crippen LogP contribution in [0.25, 0.3) is 11.1 Å². The molecule has 0 saturated heterocycles. The summed E-state index contributed by atoms with van der Waals surface area (Å²) >= 11 is 0. The quantitative estimate of drug-likeness (QED) is 0.525. The molecule has 0 saturated carbocycles. The Balaban J connectivity index is 0.00000361. The fourth-order valence-corrected chi connectivity index (χ4v) is 5.32. The van der Waals surface area contributed by atoms with Gasteiger partial charge in [0, 0.05) is 13.0 Å². The molecule has 0 heterocycles. The predicted octanol–water partition coefficient (Wildman–Crippen LogP) is 2.75. The zero-order valence-electron chi connectivity index (χ0n) is 20.7. The number of carbonyl (C=O) groups excluding carboxylic acids is 1. The average Bonchev–Trinajstić information content (AvgIpc) is 3.09. The fourth-order valence-electron chi connectivity index (χ4n) is 5.32. The minimum absolute atomic E-state index is 0.